The van der Waals surface area contributed by atoms with E-state index in [9.17, 15) is 0 Å². The Hall–Kier alpha value is -1.39. The highest BCUT2D eigenvalue weighted by molar-refractivity contribution is 7.98. The Bertz CT molecular complexity index is 526. The molecule has 0 aliphatic carbocycles. The van der Waals surface area contributed by atoms with Gasteiger partial charge in [-0.05, 0) is 25.0 Å². The normalized spacial score (nSPS) is 10.6. The molecule has 0 saturated heterocycles. The number of hydrogen-bond acceptors (Lipinski definition) is 4. The van der Waals surface area contributed by atoms with E-state index in [1.54, 1.807) is 11.8 Å². The van der Waals surface area contributed by atoms with Crippen LogP contribution < -0.4 is 5.73 Å². The number of hydrogen-bond donors (Lipinski definition) is 1. The highest BCUT2D eigenvalue weighted by Gasteiger charge is 2.10. The van der Waals surface area contributed by atoms with E-state index in [0.29, 0.717) is 6.54 Å². The number of thioether (sulfide) groups is 1. The molecule has 3 nitrogen and oxygen atoms in total. The van der Waals surface area contributed by atoms with Crippen LogP contribution in [0.2, 0.25) is 0 Å². The lowest BCUT2D eigenvalue weighted by atomic mass is 10.1. The van der Waals surface area contributed by atoms with Gasteiger partial charge in [-0.3, -0.25) is 0 Å². The van der Waals surface area contributed by atoms with E-state index in [-0.39, 0.29) is 0 Å². The van der Waals surface area contributed by atoms with E-state index in [4.69, 9.17) is 5.73 Å². The van der Waals surface area contributed by atoms with Crippen LogP contribution in [-0.2, 0) is 12.3 Å². The van der Waals surface area contributed by atoms with Crippen LogP contribution in [0.3, 0.4) is 0 Å². The average molecular weight is 259 g/mol. The van der Waals surface area contributed by atoms with Gasteiger partial charge in [0.1, 0.15) is 5.03 Å². The molecule has 1 heterocycles. The predicted molar refractivity (Wildman–Crippen MR) is 75.4 cm³/mol. The van der Waals surface area contributed by atoms with Gasteiger partial charge in [0.2, 0.25) is 0 Å². The molecule has 18 heavy (non-hydrogen) atoms. The Kier molecular flexibility index (Phi) is 4.33. The van der Waals surface area contributed by atoms with Crippen molar-refractivity contribution in [2.75, 3.05) is 0 Å². The van der Waals surface area contributed by atoms with Gasteiger partial charge in [-0.2, -0.15) is 5.10 Å². The van der Waals surface area contributed by atoms with Gasteiger partial charge in [-0.15, -0.1) is 5.10 Å². The lowest BCUT2D eigenvalue weighted by molar-refractivity contribution is 0.824. The van der Waals surface area contributed by atoms with E-state index in [0.717, 1.165) is 27.6 Å². The maximum absolute atomic E-state index is 5.81. The van der Waals surface area contributed by atoms with Crippen LogP contribution in [0.1, 0.15) is 22.4 Å². The van der Waals surface area contributed by atoms with Crippen LogP contribution >= 0.6 is 11.8 Å². The molecule has 4 heteroatoms. The molecule has 0 aliphatic heterocycles. The number of nitrogens with zero attached hydrogens (tertiary/aromatic N) is 2. The second-order valence-corrected chi connectivity index (χ2v) is 5.14. The maximum atomic E-state index is 5.81. The second-order valence-electron chi connectivity index (χ2n) is 4.17. The van der Waals surface area contributed by atoms with Gasteiger partial charge in [-0.25, -0.2) is 0 Å². The smallest absolute Gasteiger partial charge is 0.124 e. The first-order chi connectivity index (χ1) is 8.72. The van der Waals surface area contributed by atoms with E-state index < -0.39 is 0 Å². The number of rotatable bonds is 4. The molecule has 0 saturated carbocycles. The van der Waals surface area contributed by atoms with Gasteiger partial charge in [0.15, 0.2) is 0 Å². The Morgan fingerprint density at radius 2 is 1.83 bits per heavy atom. The Labute approximate surface area is 112 Å². The van der Waals surface area contributed by atoms with E-state index >= 15 is 0 Å². The quantitative estimate of drug-likeness (QED) is 0.858. The first-order valence-corrected chi connectivity index (χ1v) is 6.90. The molecule has 1 aromatic carbocycles. The predicted octanol–water partition coefficient (Wildman–Crippen LogP) is 2.84. The lowest BCUT2D eigenvalue weighted by Crippen LogP contribution is -2.07. The van der Waals surface area contributed by atoms with Gasteiger partial charge in [-0.1, -0.05) is 42.1 Å². The molecular weight excluding hydrogens is 242 g/mol. The average Bonchev–Trinajstić information content (AvgIpc) is 2.41. The molecule has 0 bridgehead atoms. The summed E-state index contributed by atoms with van der Waals surface area (Å²) in [4.78, 5) is 0. The van der Waals surface area contributed by atoms with Gasteiger partial charge >= 0.3 is 0 Å². The van der Waals surface area contributed by atoms with Crippen molar-refractivity contribution in [3.05, 3.63) is 52.7 Å². The minimum atomic E-state index is 0.513. The number of aromatic nitrogens is 2. The summed E-state index contributed by atoms with van der Waals surface area (Å²) in [5.74, 6) is 0.894. The number of aryl methyl sites for hydroxylation is 1. The van der Waals surface area contributed by atoms with Crippen molar-refractivity contribution < 1.29 is 0 Å². The molecular formula is C14H17N3S. The van der Waals surface area contributed by atoms with Crippen LogP contribution in [0, 0.1) is 13.8 Å². The summed E-state index contributed by atoms with van der Waals surface area (Å²) < 4.78 is 0. The largest absolute Gasteiger partial charge is 0.326 e. The van der Waals surface area contributed by atoms with Gasteiger partial charge in [0.25, 0.3) is 0 Å². The van der Waals surface area contributed by atoms with E-state index in [1.165, 1.54) is 5.56 Å². The van der Waals surface area contributed by atoms with Crippen molar-refractivity contribution in [3.63, 3.8) is 0 Å². The van der Waals surface area contributed by atoms with Crippen LogP contribution in [0.5, 0.6) is 0 Å². The molecule has 2 rings (SSSR count). The highest BCUT2D eigenvalue weighted by atomic mass is 32.2. The topological polar surface area (TPSA) is 51.8 Å². The Balaban J connectivity index is 2.17. The molecule has 0 radical (unpaired) electrons. The van der Waals surface area contributed by atoms with Crippen LogP contribution in [-0.4, -0.2) is 10.2 Å². The molecule has 0 fully saturated rings. The molecule has 2 aromatic rings. The van der Waals surface area contributed by atoms with Crippen molar-refractivity contribution in [1.29, 1.82) is 0 Å². The number of nitrogens with two attached hydrogens (primary N) is 1. The second kappa shape index (κ2) is 5.98. The third-order valence-corrected chi connectivity index (χ3v) is 4.05. The van der Waals surface area contributed by atoms with Gasteiger partial charge in [0, 0.05) is 17.9 Å². The Morgan fingerprint density at radius 3 is 2.50 bits per heavy atom. The van der Waals surface area contributed by atoms with Crippen LogP contribution in [0.15, 0.2) is 35.4 Å². The molecule has 94 valence electrons. The van der Waals surface area contributed by atoms with Crippen molar-refractivity contribution in [2.24, 2.45) is 5.73 Å². The molecule has 2 N–H and O–H groups in total. The third-order valence-electron chi connectivity index (χ3n) is 2.97. The lowest BCUT2D eigenvalue weighted by Gasteiger charge is -2.10. The van der Waals surface area contributed by atoms with Crippen molar-refractivity contribution in [2.45, 2.75) is 31.2 Å². The van der Waals surface area contributed by atoms with Crippen LogP contribution in [0.4, 0.5) is 0 Å². The minimum absolute atomic E-state index is 0.513. The van der Waals surface area contributed by atoms with Gasteiger partial charge < -0.3 is 5.73 Å². The molecule has 0 amide bonds. The van der Waals surface area contributed by atoms with Crippen molar-refractivity contribution in [3.8, 4) is 0 Å². The minimum Gasteiger partial charge on any atom is -0.326 e. The monoisotopic (exact) mass is 259 g/mol. The summed E-state index contributed by atoms with van der Waals surface area (Å²) in [5.41, 5.74) is 10.3. The molecule has 0 unspecified atom stereocenters. The zero-order valence-electron chi connectivity index (χ0n) is 10.7. The van der Waals surface area contributed by atoms with E-state index in [1.807, 2.05) is 25.1 Å². The molecule has 0 aliphatic rings. The van der Waals surface area contributed by atoms with Crippen molar-refractivity contribution in [1.82, 2.24) is 10.2 Å². The Morgan fingerprint density at radius 1 is 1.11 bits per heavy atom. The SMILES string of the molecule is Cc1nnc(SCc2ccccc2)c(CN)c1C. The summed E-state index contributed by atoms with van der Waals surface area (Å²) >= 11 is 1.69. The zero-order chi connectivity index (χ0) is 13.0. The summed E-state index contributed by atoms with van der Waals surface area (Å²) in [6.45, 7) is 4.53. The summed E-state index contributed by atoms with van der Waals surface area (Å²) in [6.07, 6.45) is 0. The van der Waals surface area contributed by atoms with Crippen molar-refractivity contribution >= 4 is 11.8 Å². The van der Waals surface area contributed by atoms with Gasteiger partial charge in [0.05, 0.1) is 5.69 Å². The first-order valence-electron chi connectivity index (χ1n) is 5.92. The first kappa shape index (κ1) is 13.1. The molecule has 0 spiro atoms. The third kappa shape index (κ3) is 2.89. The van der Waals surface area contributed by atoms with Crippen LogP contribution in [0.25, 0.3) is 0 Å². The maximum Gasteiger partial charge on any atom is 0.124 e. The fourth-order valence-corrected chi connectivity index (χ4v) is 2.72. The fraction of sp³-hybridized carbons (Fsp3) is 0.286. The van der Waals surface area contributed by atoms with E-state index in [2.05, 4.69) is 29.3 Å². The molecule has 1 aromatic heterocycles. The summed E-state index contributed by atoms with van der Waals surface area (Å²) in [5, 5.41) is 9.38. The summed E-state index contributed by atoms with van der Waals surface area (Å²) in [7, 11) is 0. The fourth-order valence-electron chi connectivity index (χ4n) is 1.72. The zero-order valence-corrected chi connectivity index (χ0v) is 11.5. The number of benzene rings is 1. The standard InChI is InChI=1S/C14H17N3S/c1-10-11(2)16-17-14(13(10)8-15)18-9-12-6-4-3-5-7-12/h3-7H,8-9,15H2,1-2H3. The molecule has 0 atom stereocenters. The highest BCUT2D eigenvalue weighted by Crippen LogP contribution is 2.26. The summed E-state index contributed by atoms with van der Waals surface area (Å²) in [6, 6.07) is 10.3.